The van der Waals surface area contributed by atoms with Gasteiger partial charge < -0.3 is 14.5 Å². The zero-order valence-corrected chi connectivity index (χ0v) is 15.3. The van der Waals surface area contributed by atoms with Crippen LogP contribution in [0, 0.1) is 17.8 Å². The summed E-state index contributed by atoms with van der Waals surface area (Å²) in [5, 5.41) is 2.96. The molecule has 4 atom stereocenters. The number of rotatable bonds is 6. The molecule has 144 valence electrons. The summed E-state index contributed by atoms with van der Waals surface area (Å²) in [6.45, 7) is 1.40. The van der Waals surface area contributed by atoms with Crippen molar-refractivity contribution in [2.75, 3.05) is 6.61 Å². The molecule has 2 saturated carbocycles. The number of ether oxygens (including phenoxy) is 1. The smallest absolute Gasteiger partial charge is 0.420 e. The molecule has 2 fully saturated rings. The number of para-hydroxylation sites is 2. The van der Waals surface area contributed by atoms with Crippen LogP contribution >= 0.6 is 0 Å². The van der Waals surface area contributed by atoms with Gasteiger partial charge in [-0.2, -0.15) is 0 Å². The van der Waals surface area contributed by atoms with Crippen LogP contribution in [0.2, 0.25) is 0 Å². The summed E-state index contributed by atoms with van der Waals surface area (Å²) in [5.74, 6) is 0.491. The van der Waals surface area contributed by atoms with Gasteiger partial charge >= 0.3 is 11.7 Å². The Hall–Kier alpha value is -2.57. The number of oxazole rings is 1. The number of hydrogen-bond acceptors (Lipinski definition) is 5. The maximum atomic E-state index is 12.1. The number of fused-ring (bicyclic) bond motifs is 3. The van der Waals surface area contributed by atoms with E-state index in [4.69, 9.17) is 9.15 Å². The van der Waals surface area contributed by atoms with Crippen LogP contribution in [-0.4, -0.2) is 29.1 Å². The van der Waals surface area contributed by atoms with E-state index in [1.54, 1.807) is 24.3 Å². The number of amides is 1. The van der Waals surface area contributed by atoms with Crippen LogP contribution in [0.25, 0.3) is 11.1 Å². The number of hydrogen-bond donors (Lipinski definition) is 1. The minimum atomic E-state index is -0.647. The van der Waals surface area contributed by atoms with E-state index >= 15 is 0 Å². The Bertz CT molecular complexity index is 914. The Balaban J connectivity index is 1.28. The molecule has 0 radical (unpaired) electrons. The van der Waals surface area contributed by atoms with Gasteiger partial charge in [0.15, 0.2) is 12.2 Å². The number of carbonyl (C=O) groups is 2. The van der Waals surface area contributed by atoms with Gasteiger partial charge in [-0.25, -0.2) is 4.79 Å². The lowest BCUT2D eigenvalue weighted by Crippen LogP contribution is -2.42. The van der Waals surface area contributed by atoms with Crippen molar-refractivity contribution < 1.29 is 18.7 Å². The van der Waals surface area contributed by atoms with E-state index < -0.39 is 11.7 Å². The molecule has 0 unspecified atom stereocenters. The van der Waals surface area contributed by atoms with Crippen LogP contribution in [-0.2, 0) is 20.9 Å². The van der Waals surface area contributed by atoms with Gasteiger partial charge in [-0.15, -0.1) is 0 Å². The molecule has 2 aliphatic rings. The second kappa shape index (κ2) is 7.21. The van der Waals surface area contributed by atoms with Crippen molar-refractivity contribution in [2.45, 2.75) is 45.2 Å². The van der Waals surface area contributed by atoms with Crippen molar-refractivity contribution in [2.24, 2.45) is 17.8 Å². The average Bonchev–Trinajstić information content (AvgIpc) is 3.35. The van der Waals surface area contributed by atoms with Gasteiger partial charge in [-0.3, -0.25) is 14.2 Å². The molecule has 1 aromatic heterocycles. The zero-order chi connectivity index (χ0) is 19.0. The van der Waals surface area contributed by atoms with Gasteiger partial charge in [0, 0.05) is 6.04 Å². The van der Waals surface area contributed by atoms with Crippen molar-refractivity contribution in [1.82, 2.24) is 9.88 Å². The molecule has 1 heterocycles. The summed E-state index contributed by atoms with van der Waals surface area (Å²) in [6.07, 6.45) is 5.05. The first kappa shape index (κ1) is 17.8. The van der Waals surface area contributed by atoms with Crippen molar-refractivity contribution in [3.8, 4) is 0 Å². The topological polar surface area (TPSA) is 90.5 Å². The molecule has 27 heavy (non-hydrogen) atoms. The Morgan fingerprint density at radius 3 is 2.85 bits per heavy atom. The number of esters is 1. The fraction of sp³-hybridized carbons (Fsp3) is 0.550. The molecule has 7 nitrogen and oxygen atoms in total. The minimum absolute atomic E-state index is 0.0898. The van der Waals surface area contributed by atoms with Crippen LogP contribution in [0.15, 0.2) is 33.5 Å². The molecule has 2 aromatic rings. The van der Waals surface area contributed by atoms with E-state index in [0.717, 1.165) is 5.92 Å². The molecule has 7 heteroatoms. The molecule has 1 N–H and O–H groups in total. The standard InChI is InChI=1S/C20H24N2O5/c1-12(15-9-13-6-7-14(15)8-13)21-18(23)11-26-19(24)10-22-16-4-2-3-5-17(16)27-20(22)25/h2-5,12-15H,6-11H2,1H3,(H,21,23)/t12-,13-,14-,15+/m1/s1. The van der Waals surface area contributed by atoms with Gasteiger partial charge in [0.05, 0.1) is 5.52 Å². The average molecular weight is 372 g/mol. The van der Waals surface area contributed by atoms with E-state index in [2.05, 4.69) is 5.32 Å². The lowest BCUT2D eigenvalue weighted by atomic mass is 9.84. The molecule has 4 rings (SSSR count). The molecule has 0 spiro atoms. The lowest BCUT2D eigenvalue weighted by Gasteiger charge is -2.28. The second-order valence-corrected chi connectivity index (χ2v) is 7.78. The normalized spacial score (nSPS) is 24.9. The van der Waals surface area contributed by atoms with Crippen LogP contribution in [0.4, 0.5) is 0 Å². The highest BCUT2D eigenvalue weighted by Gasteiger charge is 2.42. The summed E-state index contributed by atoms with van der Waals surface area (Å²) >= 11 is 0. The predicted octanol–water partition coefficient (Wildman–Crippen LogP) is 2.08. The molecule has 0 aliphatic heterocycles. The zero-order valence-electron chi connectivity index (χ0n) is 15.3. The van der Waals surface area contributed by atoms with Crippen molar-refractivity contribution >= 4 is 23.0 Å². The minimum Gasteiger partial charge on any atom is -0.454 e. The fourth-order valence-electron chi connectivity index (χ4n) is 4.79. The van der Waals surface area contributed by atoms with E-state index in [9.17, 15) is 14.4 Å². The van der Waals surface area contributed by atoms with E-state index in [1.165, 1.54) is 30.3 Å². The summed E-state index contributed by atoms with van der Waals surface area (Å²) < 4.78 is 11.3. The van der Waals surface area contributed by atoms with Gasteiger partial charge in [0.1, 0.15) is 6.54 Å². The SMILES string of the molecule is C[C@@H](NC(=O)COC(=O)Cn1c(=O)oc2ccccc21)[C@@H]1C[C@@H]2CC[C@@H]1C2. The van der Waals surface area contributed by atoms with Crippen LogP contribution in [0.3, 0.4) is 0 Å². The van der Waals surface area contributed by atoms with Crippen LogP contribution in [0.5, 0.6) is 0 Å². The molecule has 1 amide bonds. The summed E-state index contributed by atoms with van der Waals surface area (Å²) in [7, 11) is 0. The summed E-state index contributed by atoms with van der Waals surface area (Å²) in [5.41, 5.74) is 0.932. The summed E-state index contributed by atoms with van der Waals surface area (Å²) in [4.78, 5) is 36.1. The highest BCUT2D eigenvalue weighted by atomic mass is 16.5. The highest BCUT2D eigenvalue weighted by molar-refractivity contribution is 5.81. The third kappa shape index (κ3) is 3.63. The highest BCUT2D eigenvalue weighted by Crippen LogP contribution is 2.49. The quantitative estimate of drug-likeness (QED) is 0.784. The Labute approximate surface area is 156 Å². The third-order valence-electron chi connectivity index (χ3n) is 6.05. The number of nitrogens with one attached hydrogen (secondary N) is 1. The number of benzene rings is 1. The first-order valence-electron chi connectivity index (χ1n) is 9.54. The van der Waals surface area contributed by atoms with Crippen LogP contribution in [0.1, 0.15) is 32.6 Å². The van der Waals surface area contributed by atoms with Gasteiger partial charge in [-0.05, 0) is 56.1 Å². The maximum absolute atomic E-state index is 12.1. The van der Waals surface area contributed by atoms with Gasteiger partial charge in [0.25, 0.3) is 5.91 Å². The largest absolute Gasteiger partial charge is 0.454 e. The Morgan fingerprint density at radius 2 is 2.11 bits per heavy atom. The van der Waals surface area contributed by atoms with E-state index in [1.807, 2.05) is 6.92 Å². The first-order valence-corrected chi connectivity index (χ1v) is 9.54. The molecule has 1 aromatic carbocycles. The third-order valence-corrected chi connectivity index (χ3v) is 6.05. The number of nitrogens with zero attached hydrogens (tertiary/aromatic N) is 1. The van der Waals surface area contributed by atoms with Crippen LogP contribution < -0.4 is 11.1 Å². The number of aromatic nitrogens is 1. The second-order valence-electron chi connectivity index (χ2n) is 7.78. The van der Waals surface area contributed by atoms with Crippen molar-refractivity contribution in [3.63, 3.8) is 0 Å². The molecule has 0 saturated heterocycles. The Morgan fingerprint density at radius 1 is 1.30 bits per heavy atom. The summed E-state index contributed by atoms with van der Waals surface area (Å²) in [6, 6.07) is 6.94. The van der Waals surface area contributed by atoms with E-state index in [0.29, 0.717) is 22.9 Å². The monoisotopic (exact) mass is 372 g/mol. The van der Waals surface area contributed by atoms with Crippen molar-refractivity contribution in [1.29, 1.82) is 0 Å². The van der Waals surface area contributed by atoms with Crippen molar-refractivity contribution in [3.05, 3.63) is 34.8 Å². The maximum Gasteiger partial charge on any atom is 0.420 e. The fourth-order valence-corrected chi connectivity index (χ4v) is 4.79. The Kier molecular flexibility index (Phi) is 4.76. The lowest BCUT2D eigenvalue weighted by molar-refractivity contribution is -0.149. The molecular weight excluding hydrogens is 348 g/mol. The molecular formula is C20H24N2O5. The molecule has 2 aliphatic carbocycles. The van der Waals surface area contributed by atoms with Gasteiger partial charge in [0.2, 0.25) is 0 Å². The number of carbonyl (C=O) groups excluding carboxylic acids is 2. The molecule has 2 bridgehead atoms. The van der Waals surface area contributed by atoms with Gasteiger partial charge in [-0.1, -0.05) is 18.6 Å². The predicted molar refractivity (Wildman–Crippen MR) is 98.0 cm³/mol. The van der Waals surface area contributed by atoms with E-state index in [-0.39, 0.29) is 25.1 Å². The first-order chi connectivity index (χ1) is 13.0.